The first-order valence-corrected chi connectivity index (χ1v) is 10.3. The number of carbonyl (C=O) groups is 1. The van der Waals surface area contributed by atoms with Crippen molar-refractivity contribution in [2.45, 2.75) is 38.3 Å². The van der Waals surface area contributed by atoms with Crippen LogP contribution in [0.15, 0.2) is 29.1 Å². The highest BCUT2D eigenvalue weighted by molar-refractivity contribution is 7.10. The van der Waals surface area contributed by atoms with E-state index >= 15 is 0 Å². The van der Waals surface area contributed by atoms with Gasteiger partial charge in [-0.25, -0.2) is 4.98 Å². The van der Waals surface area contributed by atoms with E-state index in [2.05, 4.69) is 27.9 Å². The zero-order valence-electron chi connectivity index (χ0n) is 14.0. The van der Waals surface area contributed by atoms with Crippen molar-refractivity contribution in [3.05, 3.63) is 39.0 Å². The van der Waals surface area contributed by atoms with Crippen LogP contribution in [0.25, 0.3) is 0 Å². The van der Waals surface area contributed by atoms with E-state index in [9.17, 15) is 4.79 Å². The summed E-state index contributed by atoms with van der Waals surface area (Å²) >= 11 is 3.41. The highest BCUT2D eigenvalue weighted by Crippen LogP contribution is 2.56. The van der Waals surface area contributed by atoms with Crippen LogP contribution >= 0.6 is 22.7 Å². The zero-order chi connectivity index (χ0) is 16.6. The first-order chi connectivity index (χ1) is 11.7. The normalized spacial score (nSPS) is 22.2. The highest BCUT2D eigenvalue weighted by Gasteiger charge is 2.56. The third-order valence-corrected chi connectivity index (χ3v) is 7.21. The third kappa shape index (κ3) is 3.27. The molecule has 1 saturated carbocycles. The number of hydrogen-bond donors (Lipinski definition) is 0. The van der Waals surface area contributed by atoms with E-state index in [4.69, 9.17) is 0 Å². The van der Waals surface area contributed by atoms with Gasteiger partial charge in [-0.05, 0) is 43.2 Å². The summed E-state index contributed by atoms with van der Waals surface area (Å²) in [6.45, 7) is 2.79. The minimum Gasteiger partial charge on any atom is -0.342 e. The molecule has 1 atom stereocenters. The quantitative estimate of drug-likeness (QED) is 0.820. The number of rotatable bonds is 5. The van der Waals surface area contributed by atoms with Crippen LogP contribution in [-0.2, 0) is 17.8 Å². The van der Waals surface area contributed by atoms with Crippen LogP contribution in [0.5, 0.6) is 0 Å². The van der Waals surface area contributed by atoms with Gasteiger partial charge >= 0.3 is 0 Å². The van der Waals surface area contributed by atoms with Gasteiger partial charge in [-0.15, -0.1) is 22.7 Å². The molecule has 0 unspecified atom stereocenters. The molecule has 2 aliphatic rings. The van der Waals surface area contributed by atoms with Gasteiger partial charge in [0.05, 0.1) is 13.0 Å². The van der Waals surface area contributed by atoms with Crippen molar-refractivity contribution >= 4 is 28.6 Å². The number of thiophene rings is 1. The van der Waals surface area contributed by atoms with Crippen LogP contribution in [0.4, 0.5) is 0 Å². The Kier molecular flexibility index (Phi) is 4.45. The molecule has 1 saturated heterocycles. The Hall–Kier alpha value is -1.24. The Morgan fingerprint density at radius 3 is 2.88 bits per heavy atom. The number of nitrogens with zero attached hydrogens (tertiary/aromatic N) is 3. The van der Waals surface area contributed by atoms with Crippen molar-refractivity contribution in [3.8, 4) is 0 Å². The van der Waals surface area contributed by atoms with Crippen LogP contribution in [0.3, 0.4) is 0 Å². The van der Waals surface area contributed by atoms with E-state index in [0.717, 1.165) is 32.5 Å². The smallest absolute Gasteiger partial charge is 0.227 e. The molecule has 4 rings (SSSR count). The molecule has 1 spiro atoms. The van der Waals surface area contributed by atoms with Crippen molar-refractivity contribution in [2.75, 3.05) is 20.1 Å². The van der Waals surface area contributed by atoms with Gasteiger partial charge < -0.3 is 4.90 Å². The summed E-state index contributed by atoms with van der Waals surface area (Å²) in [5.74, 6) is 0.292. The van der Waals surface area contributed by atoms with Gasteiger partial charge in [0.15, 0.2) is 0 Å². The number of piperidine rings is 1. The van der Waals surface area contributed by atoms with Crippen molar-refractivity contribution in [3.63, 3.8) is 0 Å². The average molecular weight is 362 g/mol. The predicted molar refractivity (Wildman–Crippen MR) is 98.3 cm³/mol. The second-order valence-corrected chi connectivity index (χ2v) is 9.07. The molecule has 1 amide bonds. The number of hydrogen-bond acceptors (Lipinski definition) is 5. The molecule has 3 heterocycles. The molecule has 2 aromatic heterocycles. The molecule has 2 aromatic rings. The summed E-state index contributed by atoms with van der Waals surface area (Å²) in [7, 11) is 2.22. The average Bonchev–Trinajstić information content (AvgIpc) is 2.99. The number of likely N-dealkylation sites (tertiary alicyclic amines) is 1. The summed E-state index contributed by atoms with van der Waals surface area (Å²) in [5.41, 5.74) is 0.450. The Balaban J connectivity index is 1.28. The van der Waals surface area contributed by atoms with E-state index in [1.54, 1.807) is 22.7 Å². The molecule has 0 aromatic carbocycles. The molecule has 2 fully saturated rings. The summed E-state index contributed by atoms with van der Waals surface area (Å²) in [4.78, 5) is 22.5. The number of carbonyl (C=O) groups excluding carboxylic acids is 1. The molecule has 4 nitrogen and oxygen atoms in total. The SMILES string of the molecule is CN(Cc1nccs1)[C@H]1CC12CCN(C(=O)Cc1cccs1)CC2. The minimum absolute atomic E-state index is 0.292. The van der Waals surface area contributed by atoms with E-state index in [1.165, 1.54) is 16.3 Å². The van der Waals surface area contributed by atoms with E-state index < -0.39 is 0 Å². The van der Waals surface area contributed by atoms with Crippen LogP contribution in [0, 0.1) is 5.41 Å². The van der Waals surface area contributed by atoms with Crippen LogP contribution < -0.4 is 0 Å². The second-order valence-electron chi connectivity index (χ2n) is 7.06. The van der Waals surface area contributed by atoms with Crippen molar-refractivity contribution < 1.29 is 4.79 Å². The lowest BCUT2D eigenvalue weighted by Crippen LogP contribution is -2.41. The largest absolute Gasteiger partial charge is 0.342 e. The lowest BCUT2D eigenvalue weighted by molar-refractivity contribution is -0.132. The molecule has 128 valence electrons. The topological polar surface area (TPSA) is 36.4 Å². The lowest BCUT2D eigenvalue weighted by Gasteiger charge is -2.34. The van der Waals surface area contributed by atoms with Crippen LogP contribution in [0.1, 0.15) is 29.1 Å². The van der Waals surface area contributed by atoms with E-state index in [0.29, 0.717) is 23.8 Å². The fourth-order valence-corrected chi connectivity index (χ4v) is 5.39. The molecule has 0 bridgehead atoms. The van der Waals surface area contributed by atoms with Gasteiger partial charge in [0.1, 0.15) is 5.01 Å². The maximum absolute atomic E-state index is 12.4. The summed E-state index contributed by atoms with van der Waals surface area (Å²) in [6.07, 6.45) is 6.03. The Morgan fingerprint density at radius 2 is 2.21 bits per heavy atom. The first kappa shape index (κ1) is 16.2. The van der Waals surface area contributed by atoms with Crippen LogP contribution in [-0.4, -0.2) is 46.9 Å². The van der Waals surface area contributed by atoms with Gasteiger partial charge in [0.25, 0.3) is 0 Å². The predicted octanol–water partition coefficient (Wildman–Crippen LogP) is 3.26. The fraction of sp³-hybridized carbons (Fsp3) is 0.556. The van der Waals surface area contributed by atoms with Crippen molar-refractivity contribution in [1.29, 1.82) is 0 Å². The third-order valence-electron chi connectivity index (χ3n) is 5.56. The number of thiazole rings is 1. The maximum Gasteiger partial charge on any atom is 0.227 e. The van der Waals surface area contributed by atoms with Crippen molar-refractivity contribution in [1.82, 2.24) is 14.8 Å². The van der Waals surface area contributed by atoms with Crippen molar-refractivity contribution in [2.24, 2.45) is 5.41 Å². The standard InChI is InChI=1S/C18H23N3OS2/c1-20(13-16-19-6-10-24-16)15-12-18(15)4-7-21(8-5-18)17(22)11-14-3-2-9-23-14/h2-3,6,9-10,15H,4-5,7-8,11-13H2,1H3/t15-/m0/s1. The minimum atomic E-state index is 0.292. The zero-order valence-corrected chi connectivity index (χ0v) is 15.6. The molecule has 1 aliphatic carbocycles. The monoisotopic (exact) mass is 361 g/mol. The van der Waals surface area contributed by atoms with E-state index in [1.807, 2.05) is 23.0 Å². The molecule has 6 heteroatoms. The van der Waals surface area contributed by atoms with Gasteiger partial charge in [0, 0.05) is 35.6 Å². The van der Waals surface area contributed by atoms with Gasteiger partial charge in [0.2, 0.25) is 5.91 Å². The molecule has 0 N–H and O–H groups in total. The number of aromatic nitrogens is 1. The Morgan fingerprint density at radius 1 is 1.38 bits per heavy atom. The Labute approximate surface area is 151 Å². The van der Waals surface area contributed by atoms with Crippen LogP contribution in [0.2, 0.25) is 0 Å². The number of amides is 1. The highest BCUT2D eigenvalue weighted by atomic mass is 32.1. The molecule has 0 radical (unpaired) electrons. The Bertz CT molecular complexity index is 675. The second kappa shape index (κ2) is 6.58. The summed E-state index contributed by atoms with van der Waals surface area (Å²) in [5, 5.41) is 5.29. The summed E-state index contributed by atoms with van der Waals surface area (Å²) < 4.78 is 0. The summed E-state index contributed by atoms with van der Waals surface area (Å²) in [6, 6.07) is 4.74. The fourth-order valence-electron chi connectivity index (χ4n) is 4.02. The maximum atomic E-state index is 12.4. The van der Waals surface area contributed by atoms with Gasteiger partial charge in [-0.1, -0.05) is 6.07 Å². The molecule has 24 heavy (non-hydrogen) atoms. The van der Waals surface area contributed by atoms with Gasteiger partial charge in [-0.3, -0.25) is 9.69 Å². The van der Waals surface area contributed by atoms with Gasteiger partial charge in [-0.2, -0.15) is 0 Å². The molecular formula is C18H23N3OS2. The molecular weight excluding hydrogens is 338 g/mol. The first-order valence-electron chi connectivity index (χ1n) is 8.55. The molecule has 1 aliphatic heterocycles. The van der Waals surface area contributed by atoms with E-state index in [-0.39, 0.29) is 0 Å². The lowest BCUT2D eigenvalue weighted by atomic mass is 9.92.